The highest BCUT2D eigenvalue weighted by Crippen LogP contribution is 2.21. The Hall–Kier alpha value is -1.83. The number of nitrogens with one attached hydrogen (secondary N) is 1. The number of rotatable bonds is 4. The Labute approximate surface area is 120 Å². The fourth-order valence-electron chi connectivity index (χ4n) is 1.68. The van der Waals surface area contributed by atoms with Crippen molar-refractivity contribution in [3.63, 3.8) is 0 Å². The lowest BCUT2D eigenvalue weighted by molar-refractivity contribution is 0.282. The highest BCUT2D eigenvalue weighted by atomic mass is 79.9. The first-order valence-electron chi connectivity index (χ1n) is 5.85. The van der Waals surface area contributed by atoms with Crippen LogP contribution in [-0.4, -0.2) is 5.11 Å². The topological polar surface area (TPSA) is 56.0 Å². The second-order valence-electron chi connectivity index (χ2n) is 4.13. The van der Waals surface area contributed by atoms with E-state index in [1.54, 1.807) is 6.07 Å². The third-order valence-corrected chi connectivity index (χ3v) is 3.45. The molecule has 0 amide bonds. The number of aliphatic hydroxyl groups excluding tert-OH is 1. The van der Waals surface area contributed by atoms with Gasteiger partial charge < -0.3 is 10.4 Å². The van der Waals surface area contributed by atoms with E-state index in [9.17, 15) is 0 Å². The largest absolute Gasteiger partial charge is 0.392 e. The van der Waals surface area contributed by atoms with Crippen molar-refractivity contribution >= 4 is 21.6 Å². The zero-order chi connectivity index (χ0) is 13.7. The van der Waals surface area contributed by atoms with Crippen LogP contribution in [0.25, 0.3) is 0 Å². The Balaban J connectivity index is 2.02. The molecule has 3 nitrogen and oxygen atoms in total. The van der Waals surface area contributed by atoms with Crippen LogP contribution in [0.2, 0.25) is 0 Å². The summed E-state index contributed by atoms with van der Waals surface area (Å²) in [6.45, 7) is 0.764. The van der Waals surface area contributed by atoms with E-state index in [4.69, 9.17) is 10.4 Å². The zero-order valence-corrected chi connectivity index (χ0v) is 11.8. The van der Waals surface area contributed by atoms with Crippen molar-refractivity contribution in [2.24, 2.45) is 0 Å². The van der Waals surface area contributed by atoms with Gasteiger partial charge >= 0.3 is 0 Å². The summed E-state index contributed by atoms with van der Waals surface area (Å²) >= 11 is 3.36. The van der Waals surface area contributed by atoms with Crippen LogP contribution < -0.4 is 5.32 Å². The quantitative estimate of drug-likeness (QED) is 0.908. The first-order valence-corrected chi connectivity index (χ1v) is 6.64. The van der Waals surface area contributed by atoms with Gasteiger partial charge in [0, 0.05) is 16.7 Å². The Morgan fingerprint density at radius 2 is 1.79 bits per heavy atom. The van der Waals surface area contributed by atoms with Gasteiger partial charge in [-0.25, -0.2) is 0 Å². The van der Waals surface area contributed by atoms with Crippen LogP contribution >= 0.6 is 15.9 Å². The lowest BCUT2D eigenvalue weighted by Gasteiger charge is -2.08. The number of nitrogens with zero attached hydrogens (tertiary/aromatic N) is 1. The van der Waals surface area contributed by atoms with Crippen molar-refractivity contribution in [3.05, 3.63) is 63.6 Å². The van der Waals surface area contributed by atoms with E-state index in [-0.39, 0.29) is 6.61 Å². The summed E-state index contributed by atoms with van der Waals surface area (Å²) in [5, 5.41) is 21.1. The average Bonchev–Trinajstić information content (AvgIpc) is 2.46. The Morgan fingerprint density at radius 3 is 2.37 bits per heavy atom. The number of hydrogen-bond acceptors (Lipinski definition) is 3. The monoisotopic (exact) mass is 316 g/mol. The minimum atomic E-state index is 0.0658. The highest BCUT2D eigenvalue weighted by Gasteiger charge is 2.00. The summed E-state index contributed by atoms with van der Waals surface area (Å²) < 4.78 is 0.788. The molecule has 2 N–H and O–H groups in total. The van der Waals surface area contributed by atoms with Crippen LogP contribution in [0.4, 0.5) is 5.69 Å². The molecule has 2 rings (SSSR count). The van der Waals surface area contributed by atoms with Crippen LogP contribution in [0.5, 0.6) is 0 Å². The van der Waals surface area contributed by atoms with Gasteiger partial charge in [0.2, 0.25) is 0 Å². The van der Waals surface area contributed by atoms with Crippen molar-refractivity contribution in [1.82, 2.24) is 0 Å². The number of halogens is 1. The first kappa shape index (κ1) is 13.6. The molecule has 0 heterocycles. The summed E-state index contributed by atoms with van der Waals surface area (Å²) in [4.78, 5) is 0. The molecule has 0 aliphatic carbocycles. The molecule has 0 bridgehead atoms. The Morgan fingerprint density at radius 1 is 1.11 bits per heavy atom. The summed E-state index contributed by atoms with van der Waals surface area (Å²) in [6.07, 6.45) is 0. The van der Waals surface area contributed by atoms with Crippen LogP contribution in [0.1, 0.15) is 16.7 Å². The molecule has 0 fully saturated rings. The van der Waals surface area contributed by atoms with Crippen molar-refractivity contribution in [1.29, 1.82) is 5.26 Å². The fraction of sp³-hybridized carbons (Fsp3) is 0.133. The van der Waals surface area contributed by atoms with Crippen molar-refractivity contribution < 1.29 is 5.11 Å². The summed E-state index contributed by atoms with van der Waals surface area (Å²) in [5.41, 5.74) is 3.62. The summed E-state index contributed by atoms with van der Waals surface area (Å²) in [7, 11) is 0. The Bertz CT molecular complexity index is 603. The number of anilines is 1. The third kappa shape index (κ3) is 3.57. The third-order valence-electron chi connectivity index (χ3n) is 2.79. The summed E-state index contributed by atoms with van der Waals surface area (Å²) in [5.74, 6) is 0. The fourth-order valence-corrected chi connectivity index (χ4v) is 2.15. The predicted octanol–water partition coefficient (Wildman–Crippen LogP) is 3.43. The van der Waals surface area contributed by atoms with Gasteiger partial charge in [-0.1, -0.05) is 24.3 Å². The maximum atomic E-state index is 8.97. The zero-order valence-electron chi connectivity index (χ0n) is 10.2. The number of hydrogen-bond donors (Lipinski definition) is 2. The average molecular weight is 317 g/mol. The van der Waals surface area contributed by atoms with E-state index in [1.165, 1.54) is 0 Å². The van der Waals surface area contributed by atoms with Crippen molar-refractivity contribution in [3.8, 4) is 6.07 Å². The lowest BCUT2D eigenvalue weighted by Crippen LogP contribution is -1.99. The standard InChI is InChI=1S/C15H13BrN2O/c16-15-7-14(6-5-13(15)8-17)18-9-11-1-3-12(10-19)4-2-11/h1-7,18-19H,9-10H2. The van der Waals surface area contributed by atoms with Crippen molar-refractivity contribution in [2.75, 3.05) is 5.32 Å². The van der Waals surface area contributed by atoms with Crippen LogP contribution in [0, 0.1) is 11.3 Å². The molecule has 0 atom stereocenters. The maximum absolute atomic E-state index is 8.97. The molecule has 0 unspecified atom stereocenters. The predicted molar refractivity (Wildman–Crippen MR) is 78.5 cm³/mol. The van der Waals surface area contributed by atoms with Crippen molar-refractivity contribution in [2.45, 2.75) is 13.2 Å². The number of aliphatic hydroxyl groups is 1. The summed E-state index contributed by atoms with van der Waals surface area (Å²) in [6, 6.07) is 15.4. The van der Waals surface area contributed by atoms with Gasteiger partial charge in [-0.3, -0.25) is 0 Å². The second kappa shape index (κ2) is 6.37. The van der Waals surface area contributed by atoms with Gasteiger partial charge in [0.1, 0.15) is 6.07 Å². The normalized spacial score (nSPS) is 9.95. The molecule has 0 aliphatic rings. The molecule has 2 aromatic carbocycles. The SMILES string of the molecule is N#Cc1ccc(NCc2ccc(CO)cc2)cc1Br. The van der Waals surface area contributed by atoms with E-state index in [0.717, 1.165) is 21.3 Å². The van der Waals surface area contributed by atoms with Gasteiger partial charge in [0.25, 0.3) is 0 Å². The van der Waals surface area contributed by atoms with E-state index in [0.29, 0.717) is 12.1 Å². The van der Waals surface area contributed by atoms with Crippen LogP contribution in [0.15, 0.2) is 46.9 Å². The van der Waals surface area contributed by atoms with Gasteiger partial charge in [0.05, 0.1) is 12.2 Å². The molecule has 2 aromatic rings. The van der Waals surface area contributed by atoms with Gasteiger partial charge in [-0.05, 0) is 45.3 Å². The van der Waals surface area contributed by atoms with Gasteiger partial charge in [-0.2, -0.15) is 5.26 Å². The van der Waals surface area contributed by atoms with E-state index >= 15 is 0 Å². The molecular weight excluding hydrogens is 304 g/mol. The Kier molecular flexibility index (Phi) is 4.56. The molecule has 0 aromatic heterocycles. The van der Waals surface area contributed by atoms with E-state index in [2.05, 4.69) is 27.3 Å². The second-order valence-corrected chi connectivity index (χ2v) is 4.99. The van der Waals surface area contributed by atoms with Crippen LogP contribution in [-0.2, 0) is 13.2 Å². The maximum Gasteiger partial charge on any atom is 0.100 e. The molecular formula is C15H13BrN2O. The molecule has 0 saturated carbocycles. The molecule has 0 spiro atoms. The minimum absolute atomic E-state index is 0.0658. The van der Waals surface area contributed by atoms with Crippen LogP contribution in [0.3, 0.4) is 0 Å². The highest BCUT2D eigenvalue weighted by molar-refractivity contribution is 9.10. The smallest absolute Gasteiger partial charge is 0.100 e. The molecule has 19 heavy (non-hydrogen) atoms. The number of nitriles is 1. The number of benzene rings is 2. The van der Waals surface area contributed by atoms with Gasteiger partial charge in [-0.15, -0.1) is 0 Å². The molecule has 0 aliphatic heterocycles. The molecule has 96 valence electrons. The molecule has 0 radical (unpaired) electrons. The van der Waals surface area contributed by atoms with E-state index < -0.39 is 0 Å². The molecule has 4 heteroatoms. The first-order chi connectivity index (χ1) is 9.22. The lowest BCUT2D eigenvalue weighted by atomic mass is 10.1. The van der Waals surface area contributed by atoms with E-state index in [1.807, 2.05) is 36.4 Å². The minimum Gasteiger partial charge on any atom is -0.392 e. The molecule has 0 saturated heterocycles. The van der Waals surface area contributed by atoms with Gasteiger partial charge in [0.15, 0.2) is 0 Å².